The zero-order valence-corrected chi connectivity index (χ0v) is 12.2. The van der Waals surface area contributed by atoms with Crippen molar-refractivity contribution >= 4 is 0 Å². The van der Waals surface area contributed by atoms with Crippen LogP contribution in [0.25, 0.3) is 0 Å². The van der Waals surface area contributed by atoms with Gasteiger partial charge in [0.2, 0.25) is 0 Å². The number of hydrogen-bond acceptors (Lipinski definition) is 2. The van der Waals surface area contributed by atoms with Crippen molar-refractivity contribution in [2.24, 2.45) is 5.41 Å². The number of aliphatic hydroxyl groups excluding tert-OH is 1. The van der Waals surface area contributed by atoms with Gasteiger partial charge in [-0.05, 0) is 44.7 Å². The molecule has 0 heterocycles. The molecule has 2 fully saturated rings. The SMILES string of the molecule is Cc1cc(C)c(OC2CC(O)C23CCCC3)c(C)c1. The summed E-state index contributed by atoms with van der Waals surface area (Å²) in [6.45, 7) is 6.35. The normalized spacial score (nSPS) is 28.4. The molecule has 3 rings (SSSR count). The van der Waals surface area contributed by atoms with Crippen molar-refractivity contribution in [2.45, 2.75) is 65.1 Å². The quantitative estimate of drug-likeness (QED) is 0.879. The Kier molecular flexibility index (Phi) is 3.09. The van der Waals surface area contributed by atoms with Gasteiger partial charge in [0.05, 0.1) is 6.10 Å². The highest BCUT2D eigenvalue weighted by molar-refractivity contribution is 5.43. The molecule has 0 bridgehead atoms. The lowest BCUT2D eigenvalue weighted by atomic mass is 9.62. The third-order valence-corrected chi connectivity index (χ3v) is 5.14. The molecule has 1 spiro atoms. The molecule has 2 aliphatic rings. The van der Waals surface area contributed by atoms with Crippen LogP contribution in [0.5, 0.6) is 5.75 Å². The molecule has 0 saturated heterocycles. The maximum Gasteiger partial charge on any atom is 0.125 e. The number of aryl methyl sites for hydroxylation is 3. The molecular formula is C17H24O2. The lowest BCUT2D eigenvalue weighted by Crippen LogP contribution is -2.58. The van der Waals surface area contributed by atoms with Crippen LogP contribution in [0.15, 0.2) is 12.1 Å². The molecule has 1 N–H and O–H groups in total. The van der Waals surface area contributed by atoms with Gasteiger partial charge in [0.1, 0.15) is 11.9 Å². The van der Waals surface area contributed by atoms with E-state index in [1.54, 1.807) is 0 Å². The fraction of sp³-hybridized carbons (Fsp3) is 0.647. The summed E-state index contributed by atoms with van der Waals surface area (Å²) in [6.07, 6.45) is 5.60. The van der Waals surface area contributed by atoms with Crippen LogP contribution >= 0.6 is 0 Å². The minimum absolute atomic E-state index is 0.0593. The monoisotopic (exact) mass is 260 g/mol. The molecule has 2 heteroatoms. The summed E-state index contributed by atoms with van der Waals surface area (Å²) in [5.74, 6) is 1.04. The van der Waals surface area contributed by atoms with Gasteiger partial charge in [-0.2, -0.15) is 0 Å². The Morgan fingerprint density at radius 1 is 1.11 bits per heavy atom. The number of hydrogen-bond donors (Lipinski definition) is 1. The van der Waals surface area contributed by atoms with Gasteiger partial charge in [0.15, 0.2) is 0 Å². The molecule has 2 unspecified atom stereocenters. The Hall–Kier alpha value is -1.02. The van der Waals surface area contributed by atoms with Crippen LogP contribution < -0.4 is 4.74 Å². The van der Waals surface area contributed by atoms with Crippen molar-refractivity contribution < 1.29 is 9.84 Å². The third-order valence-electron chi connectivity index (χ3n) is 5.14. The second-order valence-electron chi connectivity index (χ2n) is 6.53. The van der Waals surface area contributed by atoms with Crippen molar-refractivity contribution in [1.82, 2.24) is 0 Å². The second-order valence-corrected chi connectivity index (χ2v) is 6.53. The van der Waals surface area contributed by atoms with E-state index in [2.05, 4.69) is 32.9 Å². The van der Waals surface area contributed by atoms with Crippen LogP contribution in [0, 0.1) is 26.2 Å². The Bertz CT molecular complexity index is 463. The molecular weight excluding hydrogens is 236 g/mol. The molecule has 104 valence electrons. The van der Waals surface area contributed by atoms with Gasteiger partial charge in [-0.25, -0.2) is 0 Å². The van der Waals surface area contributed by atoms with E-state index in [-0.39, 0.29) is 17.6 Å². The van der Waals surface area contributed by atoms with E-state index in [4.69, 9.17) is 4.74 Å². The highest BCUT2D eigenvalue weighted by Crippen LogP contribution is 2.55. The first kappa shape index (κ1) is 13.0. The van der Waals surface area contributed by atoms with E-state index < -0.39 is 0 Å². The van der Waals surface area contributed by atoms with Crippen LogP contribution in [0.3, 0.4) is 0 Å². The number of ether oxygens (including phenoxy) is 1. The van der Waals surface area contributed by atoms with Gasteiger partial charge in [0, 0.05) is 11.8 Å². The predicted octanol–water partition coefficient (Wildman–Crippen LogP) is 3.68. The average Bonchev–Trinajstić information content (AvgIpc) is 2.84. The Morgan fingerprint density at radius 2 is 1.68 bits per heavy atom. The smallest absolute Gasteiger partial charge is 0.125 e. The summed E-state index contributed by atoms with van der Waals surface area (Å²) in [5.41, 5.74) is 3.77. The van der Waals surface area contributed by atoms with E-state index in [9.17, 15) is 5.11 Å². The van der Waals surface area contributed by atoms with Crippen molar-refractivity contribution in [2.75, 3.05) is 0 Å². The Labute approximate surface area is 115 Å². The fourth-order valence-electron chi connectivity index (χ4n) is 4.08. The molecule has 0 radical (unpaired) electrons. The zero-order chi connectivity index (χ0) is 13.6. The molecule has 2 aliphatic carbocycles. The van der Waals surface area contributed by atoms with Gasteiger partial charge < -0.3 is 9.84 Å². The van der Waals surface area contributed by atoms with Crippen LogP contribution in [-0.2, 0) is 0 Å². The second kappa shape index (κ2) is 4.52. The first-order valence-electron chi connectivity index (χ1n) is 7.45. The average molecular weight is 260 g/mol. The van der Waals surface area contributed by atoms with Crippen molar-refractivity contribution in [3.63, 3.8) is 0 Å². The Morgan fingerprint density at radius 3 is 2.21 bits per heavy atom. The molecule has 0 aromatic heterocycles. The number of aliphatic hydroxyl groups is 1. The third kappa shape index (κ3) is 1.97. The maximum absolute atomic E-state index is 10.1. The van der Waals surface area contributed by atoms with E-state index in [1.165, 1.54) is 29.5 Å². The summed E-state index contributed by atoms with van der Waals surface area (Å²) in [6, 6.07) is 4.36. The Balaban J connectivity index is 1.83. The highest BCUT2D eigenvalue weighted by Gasteiger charge is 2.57. The van der Waals surface area contributed by atoms with Crippen LogP contribution in [0.2, 0.25) is 0 Å². The summed E-state index contributed by atoms with van der Waals surface area (Å²) < 4.78 is 6.32. The summed E-state index contributed by atoms with van der Waals surface area (Å²) >= 11 is 0. The molecule has 2 nitrogen and oxygen atoms in total. The standard InChI is InChI=1S/C17H24O2/c1-11-8-12(2)16(13(3)9-11)19-15-10-14(18)17(15)6-4-5-7-17/h8-9,14-15,18H,4-7,10H2,1-3H3. The van der Waals surface area contributed by atoms with Crippen LogP contribution in [-0.4, -0.2) is 17.3 Å². The van der Waals surface area contributed by atoms with Gasteiger partial charge in [0.25, 0.3) is 0 Å². The molecule has 1 aromatic carbocycles. The molecule has 0 amide bonds. The summed E-state index contributed by atoms with van der Waals surface area (Å²) in [7, 11) is 0. The van der Waals surface area contributed by atoms with Gasteiger partial charge in [-0.3, -0.25) is 0 Å². The van der Waals surface area contributed by atoms with E-state index in [0.29, 0.717) is 0 Å². The first-order chi connectivity index (χ1) is 9.03. The van der Waals surface area contributed by atoms with Crippen molar-refractivity contribution in [3.05, 3.63) is 28.8 Å². The van der Waals surface area contributed by atoms with Gasteiger partial charge in [-0.1, -0.05) is 30.5 Å². The van der Waals surface area contributed by atoms with E-state index in [1.807, 2.05) is 0 Å². The maximum atomic E-state index is 10.1. The summed E-state index contributed by atoms with van der Waals surface area (Å²) in [4.78, 5) is 0. The molecule has 19 heavy (non-hydrogen) atoms. The lowest BCUT2D eigenvalue weighted by Gasteiger charge is -2.51. The minimum atomic E-state index is -0.147. The number of rotatable bonds is 2. The zero-order valence-electron chi connectivity index (χ0n) is 12.2. The molecule has 1 aromatic rings. The van der Waals surface area contributed by atoms with Crippen LogP contribution in [0.4, 0.5) is 0 Å². The molecule has 0 aliphatic heterocycles. The number of benzene rings is 1. The first-order valence-corrected chi connectivity index (χ1v) is 7.45. The van der Waals surface area contributed by atoms with E-state index >= 15 is 0 Å². The topological polar surface area (TPSA) is 29.5 Å². The summed E-state index contributed by atoms with van der Waals surface area (Å²) in [5, 5.41) is 10.1. The predicted molar refractivity (Wildman–Crippen MR) is 76.6 cm³/mol. The van der Waals surface area contributed by atoms with Gasteiger partial charge >= 0.3 is 0 Å². The van der Waals surface area contributed by atoms with Crippen molar-refractivity contribution in [3.8, 4) is 5.75 Å². The fourth-order valence-corrected chi connectivity index (χ4v) is 4.08. The van der Waals surface area contributed by atoms with Crippen LogP contribution in [0.1, 0.15) is 48.8 Å². The molecule has 2 atom stereocenters. The largest absolute Gasteiger partial charge is 0.489 e. The van der Waals surface area contributed by atoms with E-state index in [0.717, 1.165) is 25.0 Å². The van der Waals surface area contributed by atoms with Crippen molar-refractivity contribution in [1.29, 1.82) is 0 Å². The van der Waals surface area contributed by atoms with Gasteiger partial charge in [-0.15, -0.1) is 0 Å². The minimum Gasteiger partial charge on any atom is -0.489 e. The highest BCUT2D eigenvalue weighted by atomic mass is 16.5. The lowest BCUT2D eigenvalue weighted by molar-refractivity contribution is -0.152. The molecule has 2 saturated carbocycles.